The summed E-state index contributed by atoms with van der Waals surface area (Å²) < 4.78 is 25.0. The van der Waals surface area contributed by atoms with Gasteiger partial charge < -0.3 is 21.3 Å². The van der Waals surface area contributed by atoms with Crippen LogP contribution in [-0.2, 0) is 34.2 Å². The van der Waals surface area contributed by atoms with Gasteiger partial charge in [0.05, 0.1) is 24.0 Å². The summed E-state index contributed by atoms with van der Waals surface area (Å²) >= 11 is 1.45. The molecule has 3 rings (SSSR count). The van der Waals surface area contributed by atoms with Gasteiger partial charge in [0.1, 0.15) is 0 Å². The predicted octanol–water partition coefficient (Wildman–Crippen LogP) is 1.51. The second-order valence-electron chi connectivity index (χ2n) is 8.22. The number of aromatic nitrogens is 1. The molecule has 1 aliphatic rings. The number of anilines is 1. The largest absolute Gasteiger partial charge is 0.465 e. The van der Waals surface area contributed by atoms with Crippen LogP contribution in [0.4, 0.5) is 20.4 Å². The summed E-state index contributed by atoms with van der Waals surface area (Å²) in [4.78, 5) is 42.7. The van der Waals surface area contributed by atoms with Gasteiger partial charge in [-0.1, -0.05) is 12.1 Å². The molecule has 16 heteroatoms. The number of aliphatic imine (C=N–C) groups is 1. The molecule has 3 amide bonds. The number of nitrogens with two attached hydrogens (primary N) is 1. The first kappa shape index (κ1) is 30.6. The summed E-state index contributed by atoms with van der Waals surface area (Å²) in [6.07, 6.45) is 1.26. The number of primary amides is 1. The van der Waals surface area contributed by atoms with Crippen molar-refractivity contribution in [2.24, 2.45) is 10.7 Å². The minimum absolute atomic E-state index is 0.179. The molecule has 38 heavy (non-hydrogen) atoms. The number of hydrogen-bond acceptors (Lipinski definition) is 9. The lowest BCUT2D eigenvalue weighted by atomic mass is 10.1. The molecule has 1 aliphatic heterocycles. The molecule has 2 aromatic rings. The fourth-order valence-electron chi connectivity index (χ4n) is 3.50. The van der Waals surface area contributed by atoms with E-state index in [4.69, 9.17) is 15.0 Å². The topological polar surface area (TPSA) is 208 Å². The molecule has 0 aliphatic carbocycles. The maximum atomic E-state index is 11.8. The van der Waals surface area contributed by atoms with E-state index >= 15 is 0 Å². The van der Waals surface area contributed by atoms with Crippen molar-refractivity contribution < 1.29 is 33.0 Å². The molecule has 1 aromatic heterocycles. The van der Waals surface area contributed by atoms with Crippen molar-refractivity contribution >= 4 is 56.6 Å². The van der Waals surface area contributed by atoms with Gasteiger partial charge in [-0.05, 0) is 30.5 Å². The molecule has 0 saturated carbocycles. The number of amides is 3. The van der Waals surface area contributed by atoms with E-state index in [-0.39, 0.29) is 5.91 Å². The van der Waals surface area contributed by atoms with E-state index in [0.717, 1.165) is 28.9 Å². The lowest BCUT2D eigenvalue weighted by molar-refractivity contribution is -0.114. The fourth-order valence-corrected chi connectivity index (χ4v) is 5.43. The minimum atomic E-state index is -3.18. The van der Waals surface area contributed by atoms with Crippen LogP contribution in [0.25, 0.3) is 0 Å². The highest BCUT2D eigenvalue weighted by Gasteiger charge is 2.24. The SMILES string of the molecule is CC(=O)Nc1nc(CCc2ccc(N=CNC(=O)O)cc2)c(CN2CCN(S(C)(=O)=O)CC2)s1.NC(=O)O. The Balaban J connectivity index is 0.00000118. The Bertz CT molecular complexity index is 1240. The van der Waals surface area contributed by atoms with Crippen molar-refractivity contribution in [2.45, 2.75) is 26.3 Å². The summed E-state index contributed by atoms with van der Waals surface area (Å²) in [5.41, 5.74) is 6.65. The zero-order valence-corrected chi connectivity index (χ0v) is 22.6. The highest BCUT2D eigenvalue weighted by Crippen LogP contribution is 2.27. The van der Waals surface area contributed by atoms with Gasteiger partial charge in [0, 0.05) is 44.5 Å². The van der Waals surface area contributed by atoms with E-state index in [2.05, 4.69) is 31.2 Å². The van der Waals surface area contributed by atoms with Gasteiger partial charge >= 0.3 is 12.2 Å². The van der Waals surface area contributed by atoms with Crippen LogP contribution in [0.3, 0.4) is 0 Å². The number of piperazine rings is 1. The second-order valence-corrected chi connectivity index (χ2v) is 11.3. The number of rotatable bonds is 9. The fraction of sp³-hybridized carbons (Fsp3) is 0.409. The molecule has 0 radical (unpaired) electrons. The average molecular weight is 570 g/mol. The second kappa shape index (κ2) is 14.4. The van der Waals surface area contributed by atoms with Crippen molar-refractivity contribution in [1.82, 2.24) is 19.5 Å². The Morgan fingerprint density at radius 1 is 1.13 bits per heavy atom. The van der Waals surface area contributed by atoms with Gasteiger partial charge in [0.25, 0.3) is 0 Å². The molecule has 0 unspecified atom stereocenters. The van der Waals surface area contributed by atoms with Crippen molar-refractivity contribution in [3.63, 3.8) is 0 Å². The number of sulfonamides is 1. The van der Waals surface area contributed by atoms with E-state index in [1.165, 1.54) is 28.8 Å². The molecule has 14 nitrogen and oxygen atoms in total. The van der Waals surface area contributed by atoms with Gasteiger partial charge in [0.2, 0.25) is 15.9 Å². The number of carbonyl (C=O) groups is 3. The number of carbonyl (C=O) groups excluding carboxylic acids is 1. The quantitative estimate of drug-likeness (QED) is 0.219. The van der Waals surface area contributed by atoms with Crippen molar-refractivity contribution in [3.8, 4) is 0 Å². The number of nitrogens with zero attached hydrogens (tertiary/aromatic N) is 4. The predicted molar refractivity (Wildman–Crippen MR) is 143 cm³/mol. The normalized spacial score (nSPS) is 14.5. The highest BCUT2D eigenvalue weighted by molar-refractivity contribution is 7.88. The Morgan fingerprint density at radius 3 is 2.26 bits per heavy atom. The maximum Gasteiger partial charge on any atom is 0.409 e. The third-order valence-corrected chi connectivity index (χ3v) is 7.52. The van der Waals surface area contributed by atoms with Gasteiger partial charge in [-0.25, -0.2) is 28.0 Å². The lowest BCUT2D eigenvalue weighted by Gasteiger charge is -2.33. The van der Waals surface area contributed by atoms with Gasteiger partial charge in [-0.3, -0.25) is 15.0 Å². The van der Waals surface area contributed by atoms with Crippen LogP contribution in [0.5, 0.6) is 0 Å². The molecular weight excluding hydrogens is 538 g/mol. The zero-order valence-electron chi connectivity index (χ0n) is 21.0. The molecular formula is C22H31N7O7S2. The van der Waals surface area contributed by atoms with Crippen LogP contribution in [-0.4, -0.2) is 89.7 Å². The number of aryl methyl sites for hydroxylation is 2. The summed E-state index contributed by atoms with van der Waals surface area (Å²) in [6, 6.07) is 7.47. The van der Waals surface area contributed by atoms with Crippen molar-refractivity contribution in [1.29, 1.82) is 0 Å². The van der Waals surface area contributed by atoms with E-state index in [1.807, 2.05) is 12.1 Å². The first-order valence-electron chi connectivity index (χ1n) is 11.4. The number of nitrogens with one attached hydrogen (secondary N) is 2. The highest BCUT2D eigenvalue weighted by atomic mass is 32.2. The first-order valence-corrected chi connectivity index (χ1v) is 14.0. The molecule has 1 saturated heterocycles. The molecule has 0 spiro atoms. The number of carboxylic acid groups (broad SMARTS) is 2. The van der Waals surface area contributed by atoms with Crippen LogP contribution in [0.15, 0.2) is 29.3 Å². The van der Waals surface area contributed by atoms with Crippen LogP contribution in [0.2, 0.25) is 0 Å². The molecule has 0 atom stereocenters. The van der Waals surface area contributed by atoms with E-state index < -0.39 is 22.2 Å². The summed E-state index contributed by atoms with van der Waals surface area (Å²) in [7, 11) is -3.18. The Hall–Kier alpha value is -3.60. The summed E-state index contributed by atoms with van der Waals surface area (Å²) in [5.74, 6) is -0.179. The smallest absolute Gasteiger partial charge is 0.409 e. The first-order chi connectivity index (χ1) is 17.8. The molecule has 1 fully saturated rings. The number of thiazole rings is 1. The maximum absolute atomic E-state index is 11.8. The third-order valence-electron chi connectivity index (χ3n) is 5.22. The number of hydrogen-bond donors (Lipinski definition) is 5. The minimum Gasteiger partial charge on any atom is -0.465 e. The summed E-state index contributed by atoms with van der Waals surface area (Å²) in [5, 5.41) is 21.2. The van der Waals surface area contributed by atoms with Crippen LogP contribution in [0.1, 0.15) is 23.1 Å². The zero-order chi connectivity index (χ0) is 28.3. The third kappa shape index (κ3) is 11.2. The van der Waals surface area contributed by atoms with E-state index in [9.17, 15) is 18.0 Å². The standard InChI is InChI=1S/C21H28N6O5S2.CH3NO2/c1-15(28)24-20-25-18(8-5-16-3-6-17(7-4-16)22-14-23-21(29)30)19(33-20)13-26-9-11-27(12-10-26)34(2,31)32;2-1(3)4/h3-4,6-7,14H,5,8-13H2,1-2H3,(H,22,23)(H,29,30)(H,24,25,28);2H2,(H,3,4). The lowest BCUT2D eigenvalue weighted by Crippen LogP contribution is -2.47. The monoisotopic (exact) mass is 569 g/mol. The molecule has 208 valence electrons. The van der Waals surface area contributed by atoms with E-state index in [0.29, 0.717) is 50.0 Å². The molecule has 0 bridgehead atoms. The van der Waals surface area contributed by atoms with Gasteiger partial charge in [-0.2, -0.15) is 4.31 Å². The van der Waals surface area contributed by atoms with Gasteiger partial charge in [-0.15, -0.1) is 11.3 Å². The Labute approximate surface area is 224 Å². The molecule has 2 heterocycles. The van der Waals surface area contributed by atoms with Crippen molar-refractivity contribution in [2.75, 3.05) is 37.8 Å². The van der Waals surface area contributed by atoms with Crippen LogP contribution >= 0.6 is 11.3 Å². The van der Waals surface area contributed by atoms with Gasteiger partial charge in [0.15, 0.2) is 5.13 Å². The molecule has 1 aromatic carbocycles. The summed E-state index contributed by atoms with van der Waals surface area (Å²) in [6.45, 7) is 4.29. The van der Waals surface area contributed by atoms with Crippen LogP contribution in [0, 0.1) is 0 Å². The van der Waals surface area contributed by atoms with E-state index in [1.54, 1.807) is 12.1 Å². The Kier molecular flexibility index (Phi) is 11.6. The average Bonchev–Trinajstić information content (AvgIpc) is 3.17. The van der Waals surface area contributed by atoms with Crippen molar-refractivity contribution in [3.05, 3.63) is 40.4 Å². The Morgan fingerprint density at radius 2 is 1.74 bits per heavy atom. The van der Waals surface area contributed by atoms with Crippen LogP contribution < -0.4 is 16.4 Å². The molecule has 6 N–H and O–H groups in total. The number of benzene rings is 1.